The summed E-state index contributed by atoms with van der Waals surface area (Å²) in [6.07, 6.45) is 2.44. The summed E-state index contributed by atoms with van der Waals surface area (Å²) in [5, 5.41) is 3.96. The molecular weight excluding hydrogens is 275 g/mol. The number of likely N-dealkylation sites (tertiary alicyclic amines) is 1. The van der Waals surface area contributed by atoms with Crippen molar-refractivity contribution >= 4 is 11.6 Å². The van der Waals surface area contributed by atoms with Gasteiger partial charge in [0.2, 0.25) is 0 Å². The summed E-state index contributed by atoms with van der Waals surface area (Å²) in [5.74, 6) is 0.511. The minimum Gasteiger partial charge on any atom is -0.317 e. The molecule has 1 fully saturated rings. The van der Waals surface area contributed by atoms with Crippen molar-refractivity contribution in [2.45, 2.75) is 32.7 Å². The van der Waals surface area contributed by atoms with Crippen LogP contribution in [0.5, 0.6) is 0 Å². The van der Waals surface area contributed by atoms with Crippen molar-refractivity contribution in [2.75, 3.05) is 26.2 Å². The molecule has 2 nitrogen and oxygen atoms in total. The van der Waals surface area contributed by atoms with Crippen LogP contribution in [-0.2, 0) is 0 Å². The van der Waals surface area contributed by atoms with Gasteiger partial charge in [-0.05, 0) is 69.6 Å². The van der Waals surface area contributed by atoms with Crippen LogP contribution in [0.25, 0.3) is 0 Å². The Morgan fingerprint density at radius 3 is 2.70 bits per heavy atom. The molecule has 0 saturated carbocycles. The van der Waals surface area contributed by atoms with Gasteiger partial charge in [0, 0.05) is 11.1 Å². The number of halogens is 2. The van der Waals surface area contributed by atoms with Crippen LogP contribution >= 0.6 is 11.6 Å². The molecule has 1 aliphatic rings. The molecular formula is C16H24ClFN2. The zero-order chi connectivity index (χ0) is 14.5. The molecule has 1 aromatic rings. The Bertz CT molecular complexity index is 430. The fourth-order valence-electron chi connectivity index (χ4n) is 2.93. The first kappa shape index (κ1) is 15.7. The lowest BCUT2D eigenvalue weighted by Gasteiger charge is -2.36. The minimum atomic E-state index is -0.268. The Hall–Kier alpha value is -0.640. The van der Waals surface area contributed by atoms with Crippen LogP contribution in [0, 0.1) is 11.7 Å². The first-order chi connectivity index (χ1) is 9.61. The van der Waals surface area contributed by atoms with Gasteiger partial charge in [-0.3, -0.25) is 4.90 Å². The Kier molecular flexibility index (Phi) is 5.82. The van der Waals surface area contributed by atoms with Gasteiger partial charge in [0.15, 0.2) is 0 Å². The molecule has 1 atom stereocenters. The Balaban J connectivity index is 1.92. The van der Waals surface area contributed by atoms with Gasteiger partial charge in [0.25, 0.3) is 0 Å². The van der Waals surface area contributed by atoms with Gasteiger partial charge in [-0.1, -0.05) is 24.6 Å². The summed E-state index contributed by atoms with van der Waals surface area (Å²) in [5.41, 5.74) is 1.03. The molecule has 0 aromatic heterocycles. The lowest BCUT2D eigenvalue weighted by atomic mass is 9.94. The van der Waals surface area contributed by atoms with Gasteiger partial charge in [-0.2, -0.15) is 0 Å². The summed E-state index contributed by atoms with van der Waals surface area (Å²) < 4.78 is 13.1. The molecule has 1 unspecified atom stereocenters. The average molecular weight is 299 g/mol. The Morgan fingerprint density at radius 1 is 1.40 bits per heavy atom. The van der Waals surface area contributed by atoms with E-state index < -0.39 is 0 Å². The van der Waals surface area contributed by atoms with E-state index in [2.05, 4.69) is 24.1 Å². The molecule has 1 aromatic carbocycles. The van der Waals surface area contributed by atoms with Gasteiger partial charge in [-0.15, -0.1) is 0 Å². The first-order valence-corrected chi connectivity index (χ1v) is 7.89. The predicted molar refractivity (Wildman–Crippen MR) is 82.7 cm³/mol. The molecule has 1 N–H and O–H groups in total. The highest BCUT2D eigenvalue weighted by molar-refractivity contribution is 6.31. The highest BCUT2D eigenvalue weighted by Crippen LogP contribution is 2.30. The maximum Gasteiger partial charge on any atom is 0.124 e. The molecule has 20 heavy (non-hydrogen) atoms. The van der Waals surface area contributed by atoms with Crippen LogP contribution in [0.3, 0.4) is 0 Å². The number of benzene rings is 1. The van der Waals surface area contributed by atoms with Gasteiger partial charge in [0.1, 0.15) is 5.82 Å². The van der Waals surface area contributed by atoms with E-state index in [0.29, 0.717) is 5.02 Å². The van der Waals surface area contributed by atoms with Crippen molar-refractivity contribution in [2.24, 2.45) is 5.92 Å². The third kappa shape index (κ3) is 3.94. The highest BCUT2D eigenvalue weighted by atomic mass is 35.5. The van der Waals surface area contributed by atoms with Gasteiger partial charge in [-0.25, -0.2) is 4.39 Å². The predicted octanol–water partition coefficient (Wildman–Crippen LogP) is 3.86. The molecule has 1 heterocycles. The Labute approximate surface area is 126 Å². The summed E-state index contributed by atoms with van der Waals surface area (Å²) in [7, 11) is 0. The zero-order valence-corrected chi connectivity index (χ0v) is 13.1. The normalized spacial score (nSPS) is 19.2. The van der Waals surface area contributed by atoms with Crippen LogP contribution in [0.4, 0.5) is 4.39 Å². The number of rotatable bonds is 5. The van der Waals surface area contributed by atoms with E-state index in [-0.39, 0.29) is 11.9 Å². The number of nitrogens with one attached hydrogen (secondary N) is 1. The second-order valence-electron chi connectivity index (χ2n) is 5.63. The third-order valence-corrected chi connectivity index (χ3v) is 4.62. The maximum absolute atomic E-state index is 13.1. The van der Waals surface area contributed by atoms with E-state index in [1.54, 1.807) is 0 Å². The maximum atomic E-state index is 13.1. The van der Waals surface area contributed by atoms with Crippen LogP contribution in [-0.4, -0.2) is 31.1 Å². The van der Waals surface area contributed by atoms with E-state index in [1.807, 2.05) is 6.07 Å². The lowest BCUT2D eigenvalue weighted by molar-refractivity contribution is 0.140. The molecule has 4 heteroatoms. The molecule has 1 saturated heterocycles. The molecule has 0 spiro atoms. The highest BCUT2D eigenvalue weighted by Gasteiger charge is 2.24. The summed E-state index contributed by atoms with van der Waals surface area (Å²) in [6.45, 7) is 8.64. The van der Waals surface area contributed by atoms with Gasteiger partial charge < -0.3 is 5.32 Å². The summed E-state index contributed by atoms with van der Waals surface area (Å²) >= 11 is 6.16. The summed E-state index contributed by atoms with van der Waals surface area (Å²) in [4.78, 5) is 2.45. The molecule has 0 aliphatic carbocycles. The average Bonchev–Trinajstić information content (AvgIpc) is 2.45. The second-order valence-corrected chi connectivity index (χ2v) is 6.04. The topological polar surface area (TPSA) is 15.3 Å². The third-order valence-electron chi connectivity index (χ3n) is 4.29. The van der Waals surface area contributed by atoms with Crippen LogP contribution < -0.4 is 5.32 Å². The fraction of sp³-hybridized carbons (Fsp3) is 0.625. The number of nitrogens with zero attached hydrogens (tertiary/aromatic N) is 1. The van der Waals surface area contributed by atoms with Crippen molar-refractivity contribution in [1.82, 2.24) is 10.2 Å². The zero-order valence-electron chi connectivity index (χ0n) is 12.3. The standard InChI is InChI=1S/C16H24ClFN2/c1-3-19-11-13-6-8-20(9-7-13)12(2)15-5-4-14(18)10-16(15)17/h4-5,10,12-13,19H,3,6-9,11H2,1-2H3. The summed E-state index contributed by atoms with van der Waals surface area (Å²) in [6, 6.07) is 4.97. The molecule has 112 valence electrons. The second kappa shape index (κ2) is 7.39. The van der Waals surface area contributed by atoms with E-state index in [9.17, 15) is 4.39 Å². The molecule has 0 bridgehead atoms. The van der Waals surface area contributed by atoms with Crippen molar-refractivity contribution in [3.8, 4) is 0 Å². The van der Waals surface area contributed by atoms with Crippen molar-refractivity contribution in [3.63, 3.8) is 0 Å². The van der Waals surface area contributed by atoms with Gasteiger partial charge >= 0.3 is 0 Å². The number of hydrogen-bond acceptors (Lipinski definition) is 2. The fourth-order valence-corrected chi connectivity index (χ4v) is 3.25. The molecule has 0 radical (unpaired) electrons. The first-order valence-electron chi connectivity index (χ1n) is 7.51. The van der Waals surface area contributed by atoms with E-state index in [4.69, 9.17) is 11.6 Å². The van der Waals surface area contributed by atoms with Crippen molar-refractivity contribution in [3.05, 3.63) is 34.6 Å². The van der Waals surface area contributed by atoms with E-state index >= 15 is 0 Å². The van der Waals surface area contributed by atoms with Crippen LogP contribution in [0.2, 0.25) is 5.02 Å². The van der Waals surface area contributed by atoms with Crippen molar-refractivity contribution < 1.29 is 4.39 Å². The van der Waals surface area contributed by atoms with Crippen LogP contribution in [0.1, 0.15) is 38.3 Å². The van der Waals surface area contributed by atoms with Gasteiger partial charge in [0.05, 0.1) is 0 Å². The Morgan fingerprint density at radius 2 is 2.10 bits per heavy atom. The van der Waals surface area contributed by atoms with E-state index in [0.717, 1.165) is 37.7 Å². The quantitative estimate of drug-likeness (QED) is 0.888. The molecule has 2 rings (SSSR count). The lowest BCUT2D eigenvalue weighted by Crippen LogP contribution is -2.38. The smallest absolute Gasteiger partial charge is 0.124 e. The van der Waals surface area contributed by atoms with Crippen molar-refractivity contribution in [1.29, 1.82) is 0 Å². The minimum absolute atomic E-state index is 0.253. The number of hydrogen-bond donors (Lipinski definition) is 1. The largest absolute Gasteiger partial charge is 0.317 e. The molecule has 0 amide bonds. The number of piperidine rings is 1. The molecule has 1 aliphatic heterocycles. The monoisotopic (exact) mass is 298 g/mol. The van der Waals surface area contributed by atoms with Crippen LogP contribution in [0.15, 0.2) is 18.2 Å². The van der Waals surface area contributed by atoms with E-state index in [1.165, 1.54) is 25.0 Å². The SMILES string of the molecule is CCNCC1CCN(C(C)c2ccc(F)cc2Cl)CC1.